The summed E-state index contributed by atoms with van der Waals surface area (Å²) >= 11 is 6.06. The van der Waals surface area contributed by atoms with Crippen molar-refractivity contribution in [2.75, 3.05) is 17.7 Å². The molecule has 0 aromatic heterocycles. The van der Waals surface area contributed by atoms with Crippen LogP contribution in [0.5, 0.6) is 0 Å². The molecule has 0 aliphatic heterocycles. The van der Waals surface area contributed by atoms with E-state index >= 15 is 0 Å². The fraction of sp³-hybridized carbons (Fsp3) is 0.176. The van der Waals surface area contributed by atoms with Crippen LogP contribution in [0.15, 0.2) is 36.4 Å². The minimum absolute atomic E-state index is 0.272. The number of aryl methyl sites for hydroxylation is 1. The highest BCUT2D eigenvalue weighted by molar-refractivity contribution is 6.34. The number of carbonyl (C=O) groups excluding carboxylic acids is 2. The van der Waals surface area contributed by atoms with Gasteiger partial charge in [-0.2, -0.15) is 0 Å². The number of rotatable bonds is 3. The molecule has 5 nitrogen and oxygen atoms in total. The van der Waals surface area contributed by atoms with Crippen molar-refractivity contribution in [1.29, 1.82) is 0 Å². The number of hydrogen-bond acceptors (Lipinski definition) is 2. The van der Waals surface area contributed by atoms with E-state index in [-0.39, 0.29) is 17.0 Å². The fourth-order valence-corrected chi connectivity index (χ4v) is 2.35. The van der Waals surface area contributed by atoms with Crippen LogP contribution in [-0.4, -0.2) is 19.0 Å². The summed E-state index contributed by atoms with van der Waals surface area (Å²) in [6, 6.07) is 10.1. The van der Waals surface area contributed by atoms with Crippen LogP contribution in [-0.2, 0) is 0 Å². The summed E-state index contributed by atoms with van der Waals surface area (Å²) in [5.74, 6) is -0.276. The Morgan fingerprint density at radius 1 is 1.04 bits per heavy atom. The largest absolute Gasteiger partial charge is 0.355 e. The molecule has 0 atom stereocenters. The lowest BCUT2D eigenvalue weighted by atomic mass is 10.1. The molecule has 6 heteroatoms. The van der Waals surface area contributed by atoms with E-state index in [1.807, 2.05) is 32.0 Å². The first-order valence-corrected chi connectivity index (χ1v) is 7.46. The van der Waals surface area contributed by atoms with Gasteiger partial charge in [-0.1, -0.05) is 23.7 Å². The number of urea groups is 1. The Bertz CT molecular complexity index is 759. The topological polar surface area (TPSA) is 70.2 Å². The molecule has 3 N–H and O–H groups in total. The fourth-order valence-electron chi connectivity index (χ4n) is 2.08. The van der Waals surface area contributed by atoms with E-state index in [2.05, 4.69) is 16.0 Å². The number of carbonyl (C=O) groups is 2. The highest BCUT2D eigenvalue weighted by Crippen LogP contribution is 2.22. The van der Waals surface area contributed by atoms with Gasteiger partial charge in [0.1, 0.15) is 0 Å². The summed E-state index contributed by atoms with van der Waals surface area (Å²) in [4.78, 5) is 23.7. The molecule has 0 unspecified atom stereocenters. The molecule has 0 spiro atoms. The standard InChI is InChI=1S/C17H18ClN3O2/c1-10-5-4-6-15(11(10)2)21-17(23)20-12-7-8-13(14(18)9-12)16(22)19-3/h4-9H,1-3H3,(H,19,22)(H2,20,21,23). The highest BCUT2D eigenvalue weighted by Gasteiger charge is 2.11. The van der Waals surface area contributed by atoms with E-state index in [4.69, 9.17) is 11.6 Å². The van der Waals surface area contributed by atoms with E-state index in [9.17, 15) is 9.59 Å². The lowest BCUT2D eigenvalue weighted by molar-refractivity contribution is 0.0963. The van der Waals surface area contributed by atoms with Gasteiger partial charge in [0.05, 0.1) is 10.6 Å². The number of nitrogens with one attached hydrogen (secondary N) is 3. The van der Waals surface area contributed by atoms with Gasteiger partial charge in [-0.05, 0) is 49.2 Å². The molecule has 0 aliphatic rings. The van der Waals surface area contributed by atoms with E-state index in [1.165, 1.54) is 13.1 Å². The molecule has 120 valence electrons. The number of benzene rings is 2. The molecule has 0 saturated heterocycles. The molecular formula is C17H18ClN3O2. The predicted molar refractivity (Wildman–Crippen MR) is 93.4 cm³/mol. The van der Waals surface area contributed by atoms with Gasteiger partial charge in [0.2, 0.25) is 0 Å². The van der Waals surface area contributed by atoms with Gasteiger partial charge in [0.25, 0.3) is 5.91 Å². The second kappa shape index (κ2) is 7.15. The third kappa shape index (κ3) is 4.02. The van der Waals surface area contributed by atoms with Gasteiger partial charge in [-0.3, -0.25) is 4.79 Å². The summed E-state index contributed by atoms with van der Waals surface area (Å²) < 4.78 is 0. The van der Waals surface area contributed by atoms with Crippen LogP contribution in [0.2, 0.25) is 5.02 Å². The zero-order chi connectivity index (χ0) is 17.0. The quantitative estimate of drug-likeness (QED) is 0.796. The molecular weight excluding hydrogens is 314 g/mol. The first-order valence-electron chi connectivity index (χ1n) is 7.08. The Labute approximate surface area is 140 Å². The number of amides is 3. The van der Waals surface area contributed by atoms with Crippen molar-refractivity contribution in [3.63, 3.8) is 0 Å². The molecule has 0 aliphatic carbocycles. The molecule has 0 fully saturated rings. The second-order valence-electron chi connectivity index (χ2n) is 5.10. The molecule has 0 saturated carbocycles. The van der Waals surface area contributed by atoms with E-state index in [1.54, 1.807) is 12.1 Å². The molecule has 23 heavy (non-hydrogen) atoms. The predicted octanol–water partition coefficient (Wildman–Crippen LogP) is 3.96. The maximum Gasteiger partial charge on any atom is 0.323 e. The number of hydrogen-bond donors (Lipinski definition) is 3. The summed E-state index contributed by atoms with van der Waals surface area (Å²) in [5.41, 5.74) is 3.71. The average molecular weight is 332 g/mol. The van der Waals surface area contributed by atoms with Crippen LogP contribution in [0.4, 0.5) is 16.2 Å². The van der Waals surface area contributed by atoms with Crippen molar-refractivity contribution < 1.29 is 9.59 Å². The molecule has 0 heterocycles. The first kappa shape index (κ1) is 16.8. The van der Waals surface area contributed by atoms with Gasteiger partial charge in [-0.15, -0.1) is 0 Å². The monoisotopic (exact) mass is 331 g/mol. The molecule has 2 aromatic carbocycles. The minimum Gasteiger partial charge on any atom is -0.355 e. The lowest BCUT2D eigenvalue weighted by Gasteiger charge is -2.12. The molecule has 0 radical (unpaired) electrons. The maximum absolute atomic E-state index is 12.1. The van der Waals surface area contributed by atoms with Crippen molar-refractivity contribution in [2.24, 2.45) is 0 Å². The van der Waals surface area contributed by atoms with Crippen molar-refractivity contribution in [2.45, 2.75) is 13.8 Å². The molecule has 0 bridgehead atoms. The SMILES string of the molecule is CNC(=O)c1ccc(NC(=O)Nc2cccc(C)c2C)cc1Cl. The van der Waals surface area contributed by atoms with Crippen LogP contribution in [0.25, 0.3) is 0 Å². The zero-order valence-corrected chi connectivity index (χ0v) is 13.9. The first-order chi connectivity index (χ1) is 10.9. The Morgan fingerprint density at radius 3 is 2.43 bits per heavy atom. The summed E-state index contributed by atoms with van der Waals surface area (Å²) in [6.07, 6.45) is 0. The third-order valence-electron chi connectivity index (χ3n) is 3.55. The van der Waals surface area contributed by atoms with Gasteiger partial charge in [0.15, 0.2) is 0 Å². The number of halogens is 1. The van der Waals surface area contributed by atoms with Crippen molar-refractivity contribution in [3.05, 3.63) is 58.1 Å². The van der Waals surface area contributed by atoms with Crippen LogP contribution in [0.3, 0.4) is 0 Å². The van der Waals surface area contributed by atoms with E-state index < -0.39 is 0 Å². The van der Waals surface area contributed by atoms with Gasteiger partial charge >= 0.3 is 6.03 Å². The Morgan fingerprint density at radius 2 is 1.78 bits per heavy atom. The van der Waals surface area contributed by atoms with E-state index in [0.29, 0.717) is 11.3 Å². The van der Waals surface area contributed by atoms with Gasteiger partial charge in [0, 0.05) is 18.4 Å². The summed E-state index contributed by atoms with van der Waals surface area (Å²) in [6.45, 7) is 3.93. The average Bonchev–Trinajstić information content (AvgIpc) is 2.51. The smallest absolute Gasteiger partial charge is 0.323 e. The van der Waals surface area contributed by atoms with E-state index in [0.717, 1.165) is 16.8 Å². The van der Waals surface area contributed by atoms with Crippen molar-refractivity contribution in [3.8, 4) is 0 Å². The molecule has 2 rings (SSSR count). The van der Waals surface area contributed by atoms with Crippen molar-refractivity contribution in [1.82, 2.24) is 5.32 Å². The maximum atomic E-state index is 12.1. The van der Waals surface area contributed by atoms with Crippen LogP contribution in [0.1, 0.15) is 21.5 Å². The van der Waals surface area contributed by atoms with Crippen LogP contribution >= 0.6 is 11.6 Å². The molecule has 2 aromatic rings. The minimum atomic E-state index is -0.373. The van der Waals surface area contributed by atoms with Crippen molar-refractivity contribution >= 4 is 34.9 Å². The van der Waals surface area contributed by atoms with Gasteiger partial charge in [-0.25, -0.2) is 4.79 Å². The van der Waals surface area contributed by atoms with Crippen LogP contribution in [0, 0.1) is 13.8 Å². The Kier molecular flexibility index (Phi) is 5.24. The summed E-state index contributed by atoms with van der Waals surface area (Å²) in [5, 5.41) is 8.27. The Hall–Kier alpha value is -2.53. The second-order valence-corrected chi connectivity index (χ2v) is 5.51. The Balaban J connectivity index is 2.10. The third-order valence-corrected chi connectivity index (χ3v) is 3.86. The van der Waals surface area contributed by atoms with Crippen LogP contribution < -0.4 is 16.0 Å². The zero-order valence-electron chi connectivity index (χ0n) is 13.2. The highest BCUT2D eigenvalue weighted by atomic mass is 35.5. The number of anilines is 2. The molecule has 3 amide bonds. The normalized spacial score (nSPS) is 10.1. The van der Waals surface area contributed by atoms with Gasteiger partial charge < -0.3 is 16.0 Å². The lowest BCUT2D eigenvalue weighted by Crippen LogP contribution is -2.21. The summed E-state index contributed by atoms with van der Waals surface area (Å²) in [7, 11) is 1.53.